The number of hydrogen-bond donors (Lipinski definition) is 1. The lowest BCUT2D eigenvalue weighted by atomic mass is 10.3. The van der Waals surface area contributed by atoms with Gasteiger partial charge in [-0.15, -0.1) is 23.1 Å². The number of rotatable bonds is 4. The predicted molar refractivity (Wildman–Crippen MR) is 75.7 cm³/mol. The van der Waals surface area contributed by atoms with E-state index in [9.17, 15) is 9.59 Å². The van der Waals surface area contributed by atoms with Gasteiger partial charge in [0.2, 0.25) is 5.91 Å². The Morgan fingerprint density at radius 1 is 1.60 bits per heavy atom. The molecule has 0 aliphatic carbocycles. The maximum Gasteiger partial charge on any atom is 0.272 e. The molecule has 0 saturated heterocycles. The lowest BCUT2D eigenvalue weighted by molar-refractivity contribution is -0.116. The van der Waals surface area contributed by atoms with E-state index in [0.29, 0.717) is 10.2 Å². The average Bonchev–Trinajstić information content (AvgIpc) is 2.93. The molecule has 7 nitrogen and oxygen atoms in total. The Kier molecular flexibility index (Phi) is 4.49. The van der Waals surface area contributed by atoms with E-state index in [-0.39, 0.29) is 12.1 Å². The van der Waals surface area contributed by atoms with Gasteiger partial charge in [-0.25, -0.2) is 9.97 Å². The van der Waals surface area contributed by atoms with Crippen molar-refractivity contribution in [1.82, 2.24) is 14.5 Å². The summed E-state index contributed by atoms with van der Waals surface area (Å²) in [7, 11) is 0. The van der Waals surface area contributed by atoms with E-state index < -0.39 is 11.5 Å². The third kappa shape index (κ3) is 3.04. The lowest BCUT2D eigenvalue weighted by Gasteiger charge is -2.06. The van der Waals surface area contributed by atoms with Crippen molar-refractivity contribution in [3.63, 3.8) is 0 Å². The molecule has 0 spiro atoms. The van der Waals surface area contributed by atoms with Crippen LogP contribution in [0, 0.1) is 11.3 Å². The van der Waals surface area contributed by atoms with Crippen LogP contribution in [-0.4, -0.2) is 26.7 Å². The molecule has 0 aliphatic rings. The quantitative estimate of drug-likeness (QED) is 0.666. The third-order valence-electron chi connectivity index (χ3n) is 2.30. The second-order valence-corrected chi connectivity index (χ2v) is 5.25. The van der Waals surface area contributed by atoms with E-state index in [1.807, 2.05) is 6.07 Å². The van der Waals surface area contributed by atoms with Gasteiger partial charge >= 0.3 is 0 Å². The fourth-order valence-electron chi connectivity index (χ4n) is 1.44. The summed E-state index contributed by atoms with van der Waals surface area (Å²) in [6.45, 7) is -0.214. The van der Waals surface area contributed by atoms with Gasteiger partial charge in [-0.1, -0.05) is 0 Å². The number of nitriles is 1. The summed E-state index contributed by atoms with van der Waals surface area (Å²) in [5.41, 5.74) is -0.580. The van der Waals surface area contributed by atoms with Gasteiger partial charge in [-0.3, -0.25) is 14.2 Å². The first-order valence-electron chi connectivity index (χ1n) is 5.38. The smallest absolute Gasteiger partial charge is 0.272 e. The Bertz CT molecular complexity index is 717. The first-order valence-corrected chi connectivity index (χ1v) is 7.49. The lowest BCUT2D eigenvalue weighted by Crippen LogP contribution is -2.29. The molecule has 9 heteroatoms. The molecule has 1 N–H and O–H groups in total. The van der Waals surface area contributed by atoms with Crippen molar-refractivity contribution in [2.45, 2.75) is 11.6 Å². The number of nitrogens with one attached hydrogen (secondary N) is 1. The van der Waals surface area contributed by atoms with E-state index in [0.717, 1.165) is 4.57 Å². The largest absolute Gasteiger partial charge is 0.300 e. The highest BCUT2D eigenvalue weighted by Crippen LogP contribution is 2.13. The molecule has 0 unspecified atom stereocenters. The van der Waals surface area contributed by atoms with Gasteiger partial charge in [0.1, 0.15) is 23.2 Å². The number of thiazole rings is 1. The Morgan fingerprint density at radius 3 is 3.00 bits per heavy atom. The molecule has 2 rings (SSSR count). The minimum atomic E-state index is -0.527. The number of amides is 1. The van der Waals surface area contributed by atoms with Crippen LogP contribution in [0.3, 0.4) is 0 Å². The number of anilines is 1. The Morgan fingerprint density at radius 2 is 2.40 bits per heavy atom. The Balaban J connectivity index is 2.20. The van der Waals surface area contributed by atoms with Crippen LogP contribution in [0.2, 0.25) is 0 Å². The molecule has 102 valence electrons. The van der Waals surface area contributed by atoms with Gasteiger partial charge in [-0.05, 0) is 6.26 Å². The van der Waals surface area contributed by atoms with Gasteiger partial charge < -0.3 is 5.32 Å². The number of thioether (sulfide) groups is 1. The van der Waals surface area contributed by atoms with E-state index in [4.69, 9.17) is 5.26 Å². The van der Waals surface area contributed by atoms with Crippen LogP contribution in [0.1, 0.15) is 5.56 Å². The van der Waals surface area contributed by atoms with Crippen molar-refractivity contribution in [2.24, 2.45) is 0 Å². The SMILES string of the molecule is CSc1ncn(CC(=O)Nc2nccs2)c(=O)c1C#N. The van der Waals surface area contributed by atoms with Gasteiger partial charge in [0.15, 0.2) is 5.13 Å². The molecule has 0 bridgehead atoms. The monoisotopic (exact) mass is 307 g/mol. The second-order valence-electron chi connectivity index (χ2n) is 3.56. The van der Waals surface area contributed by atoms with E-state index in [2.05, 4.69) is 15.3 Å². The highest BCUT2D eigenvalue weighted by Gasteiger charge is 2.13. The Labute approximate surface area is 122 Å². The summed E-state index contributed by atoms with van der Waals surface area (Å²) >= 11 is 2.49. The molecule has 0 fully saturated rings. The van der Waals surface area contributed by atoms with Crippen molar-refractivity contribution >= 4 is 34.1 Å². The van der Waals surface area contributed by atoms with Crippen LogP contribution in [0.5, 0.6) is 0 Å². The number of carbonyl (C=O) groups excluding carboxylic acids is 1. The number of nitrogens with zero attached hydrogens (tertiary/aromatic N) is 4. The normalized spacial score (nSPS) is 10.0. The molecular formula is C11H9N5O2S2. The molecule has 0 radical (unpaired) electrons. The zero-order valence-corrected chi connectivity index (χ0v) is 12.0. The first kappa shape index (κ1) is 14.2. The standard InChI is InChI=1S/C11H9N5O2S2/c1-19-9-7(4-12)10(18)16(6-14-9)5-8(17)15-11-13-2-3-20-11/h2-3,6H,5H2,1H3,(H,13,15,17). The molecule has 2 aromatic heterocycles. The third-order valence-corrected chi connectivity index (χ3v) is 3.69. The molecule has 1 amide bonds. The molecule has 0 saturated carbocycles. The number of hydrogen-bond acceptors (Lipinski definition) is 7. The molecule has 0 aromatic carbocycles. The van der Waals surface area contributed by atoms with Gasteiger partial charge in [0, 0.05) is 11.6 Å². The maximum atomic E-state index is 12.0. The Hall–Kier alpha value is -2.18. The molecule has 2 aromatic rings. The first-order chi connectivity index (χ1) is 9.65. The molecule has 0 aliphatic heterocycles. The summed E-state index contributed by atoms with van der Waals surface area (Å²) in [4.78, 5) is 31.7. The fraction of sp³-hybridized carbons (Fsp3) is 0.182. The predicted octanol–water partition coefficient (Wildman–Crippen LogP) is 0.932. The van der Waals surface area contributed by atoms with E-state index in [1.54, 1.807) is 17.8 Å². The molecular weight excluding hydrogens is 298 g/mol. The summed E-state index contributed by atoms with van der Waals surface area (Å²) in [5, 5.41) is 14.1. The number of aromatic nitrogens is 3. The van der Waals surface area contributed by atoms with E-state index in [1.165, 1.54) is 29.4 Å². The summed E-state index contributed by atoms with van der Waals surface area (Å²) in [5.74, 6) is -0.398. The van der Waals surface area contributed by atoms with Crippen molar-refractivity contribution in [3.8, 4) is 6.07 Å². The van der Waals surface area contributed by atoms with Gasteiger partial charge in [0.05, 0.1) is 6.33 Å². The van der Waals surface area contributed by atoms with Crippen LogP contribution in [0.15, 0.2) is 27.7 Å². The molecule has 0 atom stereocenters. The molecule has 20 heavy (non-hydrogen) atoms. The minimum Gasteiger partial charge on any atom is -0.300 e. The van der Waals surface area contributed by atoms with Gasteiger partial charge in [0.25, 0.3) is 5.56 Å². The second kappa shape index (κ2) is 6.31. The summed E-state index contributed by atoms with van der Waals surface area (Å²) in [6.07, 6.45) is 4.55. The molecule has 2 heterocycles. The van der Waals surface area contributed by atoms with Gasteiger partial charge in [-0.2, -0.15) is 5.26 Å². The van der Waals surface area contributed by atoms with Crippen molar-refractivity contribution in [2.75, 3.05) is 11.6 Å². The minimum absolute atomic E-state index is 0.0537. The van der Waals surface area contributed by atoms with Crippen molar-refractivity contribution in [1.29, 1.82) is 5.26 Å². The van der Waals surface area contributed by atoms with Crippen LogP contribution < -0.4 is 10.9 Å². The average molecular weight is 307 g/mol. The van der Waals surface area contributed by atoms with Crippen molar-refractivity contribution in [3.05, 3.63) is 33.8 Å². The van der Waals surface area contributed by atoms with Crippen LogP contribution in [-0.2, 0) is 11.3 Å². The number of carbonyl (C=O) groups is 1. The maximum absolute atomic E-state index is 12.0. The zero-order valence-electron chi connectivity index (χ0n) is 10.4. The van der Waals surface area contributed by atoms with Crippen molar-refractivity contribution < 1.29 is 4.79 Å². The summed E-state index contributed by atoms with van der Waals surface area (Å²) in [6, 6.07) is 1.82. The highest BCUT2D eigenvalue weighted by molar-refractivity contribution is 7.98. The fourth-order valence-corrected chi connectivity index (χ4v) is 2.47. The van der Waals surface area contributed by atoms with E-state index >= 15 is 0 Å². The highest BCUT2D eigenvalue weighted by atomic mass is 32.2. The zero-order chi connectivity index (χ0) is 14.5. The van der Waals surface area contributed by atoms with Crippen LogP contribution in [0.4, 0.5) is 5.13 Å². The topological polar surface area (TPSA) is 101 Å². The summed E-state index contributed by atoms with van der Waals surface area (Å²) < 4.78 is 1.10. The van der Waals surface area contributed by atoms with Crippen LogP contribution >= 0.6 is 23.1 Å². The van der Waals surface area contributed by atoms with Crippen LogP contribution in [0.25, 0.3) is 0 Å².